The zero-order valence-corrected chi connectivity index (χ0v) is 15.5. The number of carbonyl (C=O) groups excluding carboxylic acids is 1. The fourth-order valence-corrected chi connectivity index (χ4v) is 9.38. The molecular formula is C22H30O4. The van der Waals surface area contributed by atoms with Crippen molar-refractivity contribution in [1.82, 2.24) is 0 Å². The zero-order chi connectivity index (χ0) is 17.1. The minimum atomic E-state index is -0.747. The molecule has 1 heterocycles. The Morgan fingerprint density at radius 1 is 0.692 bits per heavy atom. The van der Waals surface area contributed by atoms with E-state index in [9.17, 15) is 4.79 Å². The number of esters is 1. The fourth-order valence-electron chi connectivity index (χ4n) is 9.38. The summed E-state index contributed by atoms with van der Waals surface area (Å²) in [6, 6.07) is 0. The molecule has 0 N–H and O–H groups in total. The molecule has 4 nitrogen and oxygen atoms in total. The van der Waals surface area contributed by atoms with Crippen LogP contribution in [-0.2, 0) is 19.3 Å². The molecule has 142 valence electrons. The van der Waals surface area contributed by atoms with Crippen molar-refractivity contribution in [2.45, 2.75) is 82.5 Å². The standard InChI is InChI=1S/C22H30O4/c23-20-19(21-9-14-2-15(10-21)4-16(3-14)11-21)25-26-22(24-20)17-5-12-1-13(7-17)8-18(22)6-12/h12-19H,1-11H2. The van der Waals surface area contributed by atoms with Crippen LogP contribution in [0.4, 0.5) is 0 Å². The molecule has 8 bridgehead atoms. The van der Waals surface area contributed by atoms with E-state index in [0.29, 0.717) is 11.8 Å². The molecule has 1 atom stereocenters. The van der Waals surface area contributed by atoms with Crippen LogP contribution >= 0.6 is 0 Å². The first kappa shape index (κ1) is 15.3. The van der Waals surface area contributed by atoms with Crippen LogP contribution in [0.1, 0.15) is 70.6 Å². The molecule has 0 aromatic carbocycles. The van der Waals surface area contributed by atoms with Gasteiger partial charge in [-0.15, -0.1) is 0 Å². The van der Waals surface area contributed by atoms with E-state index in [-0.39, 0.29) is 11.4 Å². The van der Waals surface area contributed by atoms with E-state index in [0.717, 1.165) is 74.5 Å². The van der Waals surface area contributed by atoms with Crippen molar-refractivity contribution in [3.05, 3.63) is 0 Å². The molecule has 9 aliphatic rings. The Balaban J connectivity index is 1.17. The van der Waals surface area contributed by atoms with Gasteiger partial charge in [-0.1, -0.05) is 0 Å². The van der Waals surface area contributed by atoms with Gasteiger partial charge < -0.3 is 4.74 Å². The van der Waals surface area contributed by atoms with Gasteiger partial charge in [-0.25, -0.2) is 9.68 Å². The molecule has 26 heavy (non-hydrogen) atoms. The Kier molecular flexibility index (Phi) is 2.87. The van der Waals surface area contributed by atoms with Gasteiger partial charge in [-0.3, -0.25) is 0 Å². The van der Waals surface area contributed by atoms with Crippen LogP contribution < -0.4 is 0 Å². The monoisotopic (exact) mass is 358 g/mol. The van der Waals surface area contributed by atoms with Gasteiger partial charge in [0.15, 0.2) is 6.10 Å². The second-order valence-corrected chi connectivity index (χ2v) is 11.3. The highest BCUT2D eigenvalue weighted by atomic mass is 17.2. The molecule has 8 saturated carbocycles. The van der Waals surface area contributed by atoms with E-state index in [1.54, 1.807) is 0 Å². The van der Waals surface area contributed by atoms with E-state index >= 15 is 0 Å². The van der Waals surface area contributed by atoms with Crippen LogP contribution in [0, 0.1) is 46.8 Å². The maximum Gasteiger partial charge on any atom is 0.341 e. The predicted octanol–water partition coefficient (Wildman–Crippen LogP) is 4.23. The first-order chi connectivity index (χ1) is 12.6. The Labute approximate surface area is 155 Å². The number of ether oxygens (including phenoxy) is 1. The summed E-state index contributed by atoms with van der Waals surface area (Å²) in [5.41, 5.74) is -0.000636. The Morgan fingerprint density at radius 3 is 1.69 bits per heavy atom. The van der Waals surface area contributed by atoms with Gasteiger partial charge in [0.05, 0.1) is 0 Å². The quantitative estimate of drug-likeness (QED) is 0.520. The second kappa shape index (κ2) is 4.86. The average Bonchev–Trinajstić information content (AvgIpc) is 2.58. The lowest BCUT2D eigenvalue weighted by atomic mass is 9.48. The van der Waals surface area contributed by atoms with Crippen molar-refractivity contribution in [1.29, 1.82) is 0 Å². The van der Waals surface area contributed by atoms with Gasteiger partial charge in [0, 0.05) is 17.3 Å². The lowest BCUT2D eigenvalue weighted by molar-refractivity contribution is -0.508. The van der Waals surface area contributed by atoms with Crippen molar-refractivity contribution >= 4 is 5.97 Å². The molecule has 9 fully saturated rings. The number of hydrogen-bond acceptors (Lipinski definition) is 4. The van der Waals surface area contributed by atoms with E-state index < -0.39 is 11.9 Å². The first-order valence-corrected chi connectivity index (χ1v) is 11.2. The minimum Gasteiger partial charge on any atom is -0.428 e. The third kappa shape index (κ3) is 1.86. The lowest BCUT2D eigenvalue weighted by Crippen LogP contribution is -2.66. The van der Waals surface area contributed by atoms with Crippen LogP contribution in [0.25, 0.3) is 0 Å². The van der Waals surface area contributed by atoms with Gasteiger partial charge in [0.2, 0.25) is 5.79 Å². The third-order valence-corrected chi connectivity index (χ3v) is 9.67. The Hall–Kier alpha value is -0.610. The Bertz CT molecular complexity index is 591. The van der Waals surface area contributed by atoms with Gasteiger partial charge in [-0.05, 0) is 100 Å². The molecule has 0 aromatic rings. The summed E-state index contributed by atoms with van der Waals surface area (Å²) in [6.45, 7) is 0. The van der Waals surface area contributed by atoms with Crippen molar-refractivity contribution < 1.29 is 19.3 Å². The minimum absolute atomic E-state index is 0.000636. The molecule has 4 heteroatoms. The number of rotatable bonds is 1. The Morgan fingerprint density at radius 2 is 1.19 bits per heavy atom. The fraction of sp³-hybridized carbons (Fsp3) is 0.955. The molecule has 9 rings (SSSR count). The topological polar surface area (TPSA) is 44.8 Å². The van der Waals surface area contributed by atoms with Crippen molar-refractivity contribution in [2.24, 2.45) is 46.8 Å². The van der Waals surface area contributed by atoms with Crippen molar-refractivity contribution in [3.8, 4) is 0 Å². The van der Waals surface area contributed by atoms with Gasteiger partial charge in [-0.2, -0.15) is 4.89 Å². The normalized spacial score (nSPS) is 62.1. The number of hydrogen-bond donors (Lipinski definition) is 0. The molecule has 1 spiro atoms. The SMILES string of the molecule is O=C1OC2(OOC1C13CC4CC(CC(C4)C1)C3)C1CC3CC(C1)CC2C3. The van der Waals surface area contributed by atoms with Gasteiger partial charge >= 0.3 is 5.97 Å². The highest BCUT2D eigenvalue weighted by Crippen LogP contribution is 2.65. The molecule has 0 aromatic heterocycles. The summed E-state index contributed by atoms with van der Waals surface area (Å²) in [7, 11) is 0. The predicted molar refractivity (Wildman–Crippen MR) is 92.4 cm³/mol. The molecule has 1 aliphatic heterocycles. The van der Waals surface area contributed by atoms with Crippen LogP contribution in [0.2, 0.25) is 0 Å². The van der Waals surface area contributed by atoms with E-state index in [1.807, 2.05) is 0 Å². The largest absolute Gasteiger partial charge is 0.428 e. The summed E-state index contributed by atoms with van der Waals surface area (Å²) in [4.78, 5) is 25.5. The van der Waals surface area contributed by atoms with Crippen LogP contribution in [-0.4, -0.2) is 17.9 Å². The summed E-state index contributed by atoms with van der Waals surface area (Å²) in [6.07, 6.45) is 13.1. The highest BCUT2D eigenvalue weighted by molar-refractivity contribution is 5.77. The molecular weight excluding hydrogens is 328 g/mol. The molecule has 1 unspecified atom stereocenters. The summed E-state index contributed by atoms with van der Waals surface area (Å²) in [5.74, 6) is 3.94. The van der Waals surface area contributed by atoms with Crippen LogP contribution in [0.5, 0.6) is 0 Å². The zero-order valence-electron chi connectivity index (χ0n) is 15.5. The second-order valence-electron chi connectivity index (χ2n) is 11.3. The van der Waals surface area contributed by atoms with Crippen molar-refractivity contribution in [2.75, 3.05) is 0 Å². The molecule has 0 radical (unpaired) electrons. The van der Waals surface area contributed by atoms with Crippen LogP contribution in [0.3, 0.4) is 0 Å². The average molecular weight is 358 g/mol. The lowest BCUT2D eigenvalue weighted by Gasteiger charge is -2.62. The third-order valence-electron chi connectivity index (χ3n) is 9.67. The van der Waals surface area contributed by atoms with Crippen LogP contribution in [0.15, 0.2) is 0 Å². The maximum absolute atomic E-state index is 13.3. The number of carbonyl (C=O) groups is 1. The van der Waals surface area contributed by atoms with Crippen molar-refractivity contribution in [3.63, 3.8) is 0 Å². The molecule has 1 saturated heterocycles. The summed E-state index contributed by atoms with van der Waals surface area (Å²) >= 11 is 0. The highest BCUT2D eigenvalue weighted by Gasteiger charge is 2.67. The van der Waals surface area contributed by atoms with E-state index in [1.165, 1.54) is 25.7 Å². The molecule has 8 aliphatic carbocycles. The molecule has 0 amide bonds. The smallest absolute Gasteiger partial charge is 0.341 e. The van der Waals surface area contributed by atoms with E-state index in [2.05, 4.69) is 0 Å². The summed E-state index contributed by atoms with van der Waals surface area (Å²) < 4.78 is 6.27. The van der Waals surface area contributed by atoms with E-state index in [4.69, 9.17) is 14.5 Å². The summed E-state index contributed by atoms with van der Waals surface area (Å²) in [5, 5.41) is 0. The van der Waals surface area contributed by atoms with Gasteiger partial charge in [0.1, 0.15) is 0 Å². The maximum atomic E-state index is 13.3. The first-order valence-electron chi connectivity index (χ1n) is 11.2. The van der Waals surface area contributed by atoms with Gasteiger partial charge in [0.25, 0.3) is 0 Å².